The lowest BCUT2D eigenvalue weighted by Gasteiger charge is -2.18. The fraction of sp³-hybridized carbons (Fsp3) is 0.524. The lowest BCUT2D eigenvalue weighted by Crippen LogP contribution is -2.38. The number of aliphatic imine (C=N–C) groups is 1. The maximum atomic E-state index is 4.69. The average molecular weight is 516 g/mol. The van der Waals surface area contributed by atoms with Crippen molar-refractivity contribution in [1.29, 1.82) is 0 Å². The molecule has 28 heavy (non-hydrogen) atoms. The van der Waals surface area contributed by atoms with Crippen LogP contribution in [0.3, 0.4) is 0 Å². The van der Waals surface area contributed by atoms with Gasteiger partial charge in [0.1, 0.15) is 0 Å². The maximum absolute atomic E-state index is 4.69. The summed E-state index contributed by atoms with van der Waals surface area (Å²) in [5, 5.41) is 7.93. The summed E-state index contributed by atoms with van der Waals surface area (Å²) in [6, 6.07) is 10.5. The van der Waals surface area contributed by atoms with E-state index in [1.165, 1.54) is 15.6 Å². The van der Waals surface area contributed by atoms with Crippen LogP contribution in [0.1, 0.15) is 36.6 Å². The van der Waals surface area contributed by atoms with Gasteiger partial charge in [0, 0.05) is 56.4 Å². The highest BCUT2D eigenvalue weighted by Gasteiger charge is 2.02. The van der Waals surface area contributed by atoms with E-state index in [-0.39, 0.29) is 24.0 Å². The van der Waals surface area contributed by atoms with Gasteiger partial charge in [-0.1, -0.05) is 25.1 Å². The standard InChI is InChI=1S/C21H33N5S.HI/c1-4-19-17-25-20(27-19)13-15-24-21(22-5-2)23-14-9-10-16-26(3)18-11-7-6-8-12-18;/h6-8,11-12,17H,4-5,9-10,13-16H2,1-3H3,(H2,22,23,24);1H. The molecule has 2 N–H and O–H groups in total. The number of rotatable bonds is 11. The third kappa shape index (κ3) is 9.23. The third-order valence-electron chi connectivity index (χ3n) is 4.29. The zero-order chi connectivity index (χ0) is 19.3. The summed E-state index contributed by atoms with van der Waals surface area (Å²) >= 11 is 1.81. The Hall–Kier alpha value is -1.35. The summed E-state index contributed by atoms with van der Waals surface area (Å²) in [5.74, 6) is 0.904. The molecular formula is C21H34IN5S. The van der Waals surface area contributed by atoms with Gasteiger partial charge in [-0.15, -0.1) is 35.3 Å². The van der Waals surface area contributed by atoms with Gasteiger partial charge < -0.3 is 15.5 Å². The van der Waals surface area contributed by atoms with Crippen LogP contribution in [-0.2, 0) is 12.8 Å². The van der Waals surface area contributed by atoms with Gasteiger partial charge in [-0.25, -0.2) is 4.98 Å². The van der Waals surface area contributed by atoms with Gasteiger partial charge in [-0.2, -0.15) is 0 Å². The minimum absolute atomic E-state index is 0. The maximum Gasteiger partial charge on any atom is 0.191 e. The number of thiazole rings is 1. The fourth-order valence-electron chi connectivity index (χ4n) is 2.72. The minimum Gasteiger partial charge on any atom is -0.375 e. The predicted octanol–water partition coefficient (Wildman–Crippen LogP) is 4.34. The molecule has 7 heteroatoms. The zero-order valence-electron chi connectivity index (χ0n) is 17.3. The van der Waals surface area contributed by atoms with Crippen LogP contribution in [0, 0.1) is 0 Å². The normalized spacial score (nSPS) is 11.0. The van der Waals surface area contributed by atoms with Crippen molar-refractivity contribution in [1.82, 2.24) is 15.6 Å². The summed E-state index contributed by atoms with van der Waals surface area (Å²) in [5.41, 5.74) is 1.27. The SMILES string of the molecule is CCNC(=NCCCCN(C)c1ccccc1)NCCc1ncc(CC)s1.I. The highest BCUT2D eigenvalue weighted by Crippen LogP contribution is 2.13. The van der Waals surface area contributed by atoms with Crippen molar-refractivity contribution in [2.24, 2.45) is 4.99 Å². The van der Waals surface area contributed by atoms with Crippen LogP contribution in [0.25, 0.3) is 0 Å². The first-order valence-corrected chi connectivity index (χ1v) is 10.8. The third-order valence-corrected chi connectivity index (χ3v) is 5.50. The van der Waals surface area contributed by atoms with Gasteiger partial charge in [0.15, 0.2) is 5.96 Å². The van der Waals surface area contributed by atoms with Crippen LogP contribution < -0.4 is 15.5 Å². The minimum atomic E-state index is 0. The number of nitrogens with zero attached hydrogens (tertiary/aromatic N) is 3. The molecule has 0 atom stereocenters. The predicted molar refractivity (Wildman–Crippen MR) is 134 cm³/mol. The van der Waals surface area contributed by atoms with E-state index in [9.17, 15) is 0 Å². The van der Waals surface area contributed by atoms with E-state index in [2.05, 4.69) is 71.7 Å². The number of halogens is 1. The van der Waals surface area contributed by atoms with E-state index >= 15 is 0 Å². The van der Waals surface area contributed by atoms with Gasteiger partial charge in [-0.3, -0.25) is 4.99 Å². The van der Waals surface area contributed by atoms with Crippen molar-refractivity contribution in [2.45, 2.75) is 39.5 Å². The van der Waals surface area contributed by atoms with Crippen molar-refractivity contribution in [2.75, 3.05) is 38.1 Å². The van der Waals surface area contributed by atoms with E-state index in [0.29, 0.717) is 0 Å². The fourth-order valence-corrected chi connectivity index (χ4v) is 3.58. The smallest absolute Gasteiger partial charge is 0.191 e. The van der Waals surface area contributed by atoms with E-state index in [1.54, 1.807) is 0 Å². The average Bonchev–Trinajstić information content (AvgIpc) is 3.16. The van der Waals surface area contributed by atoms with E-state index in [1.807, 2.05) is 17.5 Å². The monoisotopic (exact) mass is 515 g/mol. The second-order valence-electron chi connectivity index (χ2n) is 6.48. The Kier molecular flexibility index (Phi) is 12.9. The molecule has 0 aliphatic rings. The molecule has 156 valence electrons. The Morgan fingerprint density at radius 2 is 1.93 bits per heavy atom. The molecule has 0 fully saturated rings. The highest BCUT2D eigenvalue weighted by molar-refractivity contribution is 14.0. The molecule has 0 amide bonds. The number of hydrogen-bond acceptors (Lipinski definition) is 4. The van der Waals surface area contributed by atoms with Crippen molar-refractivity contribution in [3.63, 3.8) is 0 Å². The van der Waals surface area contributed by atoms with Gasteiger partial charge in [0.05, 0.1) is 5.01 Å². The Morgan fingerprint density at radius 3 is 2.61 bits per heavy atom. The number of unbranched alkanes of at least 4 members (excludes halogenated alkanes) is 1. The molecule has 0 saturated carbocycles. The van der Waals surface area contributed by atoms with Gasteiger partial charge in [0.2, 0.25) is 0 Å². The first kappa shape index (κ1) is 24.7. The van der Waals surface area contributed by atoms with Crippen molar-refractivity contribution in [3.8, 4) is 0 Å². The molecule has 1 aromatic heterocycles. The van der Waals surface area contributed by atoms with E-state index < -0.39 is 0 Å². The van der Waals surface area contributed by atoms with Crippen LogP contribution in [0.15, 0.2) is 41.5 Å². The Bertz CT molecular complexity index is 674. The number of hydrogen-bond donors (Lipinski definition) is 2. The first-order valence-electron chi connectivity index (χ1n) is 9.94. The number of aryl methyl sites for hydroxylation is 1. The van der Waals surface area contributed by atoms with E-state index in [4.69, 9.17) is 4.99 Å². The largest absolute Gasteiger partial charge is 0.375 e. The summed E-state index contributed by atoms with van der Waals surface area (Å²) in [6.07, 6.45) is 6.21. The molecule has 0 spiro atoms. The van der Waals surface area contributed by atoms with Crippen LogP contribution in [-0.4, -0.2) is 44.2 Å². The number of nitrogens with one attached hydrogen (secondary N) is 2. The van der Waals surface area contributed by atoms with E-state index in [0.717, 1.165) is 57.8 Å². The second-order valence-corrected chi connectivity index (χ2v) is 7.68. The molecule has 5 nitrogen and oxygen atoms in total. The molecule has 0 bridgehead atoms. The van der Waals surface area contributed by atoms with Crippen molar-refractivity contribution in [3.05, 3.63) is 46.4 Å². The number of anilines is 1. The van der Waals surface area contributed by atoms with Crippen molar-refractivity contribution >= 4 is 47.0 Å². The first-order chi connectivity index (χ1) is 13.2. The van der Waals surface area contributed by atoms with Crippen LogP contribution in [0.2, 0.25) is 0 Å². The molecule has 2 rings (SSSR count). The molecule has 0 unspecified atom stereocenters. The lowest BCUT2D eigenvalue weighted by molar-refractivity contribution is 0.718. The van der Waals surface area contributed by atoms with Crippen LogP contribution in [0.4, 0.5) is 5.69 Å². The molecule has 0 aliphatic heterocycles. The summed E-state index contributed by atoms with van der Waals surface area (Å²) in [6.45, 7) is 7.89. The second kappa shape index (κ2) is 14.6. The number of aromatic nitrogens is 1. The number of para-hydroxylation sites is 1. The van der Waals surface area contributed by atoms with Crippen LogP contribution in [0.5, 0.6) is 0 Å². The Labute approximate surface area is 191 Å². The molecule has 2 aromatic rings. The number of guanidine groups is 1. The van der Waals surface area contributed by atoms with Gasteiger partial charge >= 0.3 is 0 Å². The molecule has 0 radical (unpaired) electrons. The highest BCUT2D eigenvalue weighted by atomic mass is 127. The molecule has 1 aromatic carbocycles. The lowest BCUT2D eigenvalue weighted by atomic mass is 10.2. The van der Waals surface area contributed by atoms with Gasteiger partial charge in [0.25, 0.3) is 0 Å². The molecule has 0 saturated heterocycles. The summed E-state index contributed by atoms with van der Waals surface area (Å²) in [4.78, 5) is 12.8. The number of benzene rings is 1. The topological polar surface area (TPSA) is 52.6 Å². The summed E-state index contributed by atoms with van der Waals surface area (Å²) in [7, 11) is 2.15. The van der Waals surface area contributed by atoms with Crippen molar-refractivity contribution < 1.29 is 0 Å². The molecule has 0 aliphatic carbocycles. The van der Waals surface area contributed by atoms with Gasteiger partial charge in [-0.05, 0) is 38.3 Å². The quantitative estimate of drug-likeness (QED) is 0.202. The summed E-state index contributed by atoms with van der Waals surface area (Å²) < 4.78 is 0. The Balaban J connectivity index is 0.00000392. The van der Waals surface area contributed by atoms with Crippen LogP contribution >= 0.6 is 35.3 Å². The molecular weight excluding hydrogens is 481 g/mol. The Morgan fingerprint density at radius 1 is 1.14 bits per heavy atom. The molecule has 1 heterocycles. The zero-order valence-corrected chi connectivity index (χ0v) is 20.4.